The number of hydrogen-bond acceptors (Lipinski definition) is 5. The van der Waals surface area contributed by atoms with Gasteiger partial charge in [-0.1, -0.05) is 0 Å². The second-order valence-electron chi connectivity index (χ2n) is 8.76. The highest BCUT2D eigenvalue weighted by Gasteiger charge is 2.32. The Labute approximate surface area is 166 Å². The topological polar surface area (TPSA) is 57.0 Å². The average Bonchev–Trinajstić information content (AvgIpc) is 3.45. The maximum absolute atomic E-state index is 13.0. The monoisotopic (exact) mass is 382 g/mol. The van der Waals surface area contributed by atoms with Crippen LogP contribution < -0.4 is 0 Å². The van der Waals surface area contributed by atoms with Gasteiger partial charge >= 0.3 is 0 Å². The van der Waals surface area contributed by atoms with Crippen molar-refractivity contribution < 1.29 is 4.79 Å². The number of rotatable bonds is 4. The van der Waals surface area contributed by atoms with E-state index in [0.29, 0.717) is 0 Å². The van der Waals surface area contributed by atoms with E-state index < -0.39 is 0 Å². The molecule has 0 bridgehead atoms. The van der Waals surface area contributed by atoms with Crippen LogP contribution in [0.5, 0.6) is 0 Å². The normalized spacial score (nSPS) is 24.8. The third-order valence-corrected chi connectivity index (χ3v) is 6.56. The molecule has 0 unspecified atom stereocenters. The fourth-order valence-corrected chi connectivity index (χ4v) is 4.58. The van der Waals surface area contributed by atoms with Gasteiger partial charge in [-0.3, -0.25) is 19.0 Å². The number of carbonyl (C=O) groups excluding carboxylic acids is 1. The lowest BCUT2D eigenvalue weighted by Gasteiger charge is -2.38. The van der Waals surface area contributed by atoms with Crippen LogP contribution >= 0.6 is 0 Å². The highest BCUT2D eigenvalue weighted by molar-refractivity contribution is 5.94. The zero-order valence-electron chi connectivity index (χ0n) is 16.8. The van der Waals surface area contributed by atoms with E-state index in [1.54, 1.807) is 0 Å². The quantitative estimate of drug-likeness (QED) is 0.810. The van der Waals surface area contributed by atoms with E-state index in [0.717, 1.165) is 68.5 Å². The zero-order valence-corrected chi connectivity index (χ0v) is 16.8. The van der Waals surface area contributed by atoms with Gasteiger partial charge in [0, 0.05) is 45.5 Å². The summed E-state index contributed by atoms with van der Waals surface area (Å²) < 4.78 is 2.04. The van der Waals surface area contributed by atoms with Gasteiger partial charge in [0.2, 0.25) is 0 Å². The predicted octanol–water partition coefficient (Wildman–Crippen LogP) is 2.05. The summed E-state index contributed by atoms with van der Waals surface area (Å²) >= 11 is 0. The maximum atomic E-state index is 13.0. The van der Waals surface area contributed by atoms with Gasteiger partial charge in [-0.15, -0.1) is 10.2 Å². The van der Waals surface area contributed by atoms with Crippen molar-refractivity contribution in [1.82, 2.24) is 29.3 Å². The summed E-state index contributed by atoms with van der Waals surface area (Å²) in [5, 5.41) is 8.91. The molecule has 28 heavy (non-hydrogen) atoms. The first-order chi connectivity index (χ1) is 13.7. The number of fused-ring (bicyclic) bond motifs is 1. The summed E-state index contributed by atoms with van der Waals surface area (Å²) in [4.78, 5) is 19.9. The molecule has 4 heterocycles. The van der Waals surface area contributed by atoms with Crippen LogP contribution in [0.3, 0.4) is 0 Å². The zero-order chi connectivity index (χ0) is 19.1. The second kappa shape index (κ2) is 7.44. The van der Waals surface area contributed by atoms with Crippen LogP contribution in [0.25, 0.3) is 5.65 Å². The Hall–Kier alpha value is -1.99. The largest absolute Gasteiger partial charge is 0.339 e. The number of piperazine rings is 1. The van der Waals surface area contributed by atoms with E-state index in [9.17, 15) is 4.79 Å². The van der Waals surface area contributed by atoms with Crippen molar-refractivity contribution in [3.05, 3.63) is 29.7 Å². The number of likely N-dealkylation sites (N-methyl/N-ethyl adjacent to an activating group) is 1. The lowest BCUT2D eigenvalue weighted by molar-refractivity contribution is 0.0723. The van der Waals surface area contributed by atoms with Crippen LogP contribution in [0.2, 0.25) is 0 Å². The Morgan fingerprint density at radius 2 is 1.89 bits per heavy atom. The molecule has 5 rings (SSSR count). The van der Waals surface area contributed by atoms with Crippen LogP contribution in [-0.4, -0.2) is 81.5 Å². The molecule has 3 fully saturated rings. The molecule has 150 valence electrons. The minimum absolute atomic E-state index is 0.133. The van der Waals surface area contributed by atoms with E-state index in [1.165, 1.54) is 25.8 Å². The van der Waals surface area contributed by atoms with Gasteiger partial charge in [-0.2, -0.15) is 0 Å². The molecule has 1 amide bonds. The van der Waals surface area contributed by atoms with E-state index in [1.807, 2.05) is 27.6 Å². The molecule has 2 aromatic rings. The van der Waals surface area contributed by atoms with Crippen LogP contribution in [0.15, 0.2) is 18.3 Å². The molecule has 0 spiro atoms. The van der Waals surface area contributed by atoms with Gasteiger partial charge in [0.1, 0.15) is 0 Å². The lowest BCUT2D eigenvalue weighted by Crippen LogP contribution is -2.47. The Morgan fingerprint density at radius 3 is 2.68 bits per heavy atom. The summed E-state index contributed by atoms with van der Waals surface area (Å²) in [6.45, 7) is 6.09. The number of carbonyl (C=O) groups is 1. The number of amides is 1. The van der Waals surface area contributed by atoms with Gasteiger partial charge in [-0.05, 0) is 57.2 Å². The van der Waals surface area contributed by atoms with Gasteiger partial charge in [0.05, 0.1) is 11.6 Å². The number of hydrogen-bond donors (Lipinski definition) is 0. The van der Waals surface area contributed by atoms with Gasteiger partial charge in [-0.25, -0.2) is 0 Å². The molecule has 2 aromatic heterocycles. The standard InChI is InChI=1S/C21H30N6O/c1-24-11-12-25(13-16-5-6-16)15-18(24)20-23-22-19-8-7-17(14-27(19)20)21(28)26-9-3-2-4-10-26/h7-8,14,16,18H,2-6,9-13,15H2,1H3/t18-/m1/s1. The third kappa shape index (κ3) is 3.53. The van der Waals surface area contributed by atoms with Crippen molar-refractivity contribution >= 4 is 11.6 Å². The number of likely N-dealkylation sites (tertiary alicyclic amines) is 1. The van der Waals surface area contributed by atoms with Crippen molar-refractivity contribution in [3.63, 3.8) is 0 Å². The minimum Gasteiger partial charge on any atom is -0.339 e. The van der Waals surface area contributed by atoms with E-state index >= 15 is 0 Å². The first-order valence-corrected chi connectivity index (χ1v) is 10.8. The number of nitrogens with zero attached hydrogens (tertiary/aromatic N) is 6. The van der Waals surface area contributed by atoms with Crippen LogP contribution in [0, 0.1) is 5.92 Å². The van der Waals surface area contributed by atoms with Crippen molar-refractivity contribution in [2.24, 2.45) is 5.92 Å². The third-order valence-electron chi connectivity index (χ3n) is 6.56. The molecule has 2 saturated heterocycles. The SMILES string of the molecule is CN1CCN(CC2CC2)C[C@@H]1c1nnc2ccc(C(=O)N3CCCCC3)cn12. The highest BCUT2D eigenvalue weighted by atomic mass is 16.2. The van der Waals surface area contributed by atoms with Crippen LogP contribution in [0.4, 0.5) is 0 Å². The van der Waals surface area contributed by atoms with E-state index in [-0.39, 0.29) is 11.9 Å². The molecule has 7 heteroatoms. The molecule has 2 aliphatic heterocycles. The fraction of sp³-hybridized carbons (Fsp3) is 0.667. The first-order valence-electron chi connectivity index (χ1n) is 10.8. The van der Waals surface area contributed by atoms with Crippen molar-refractivity contribution in [1.29, 1.82) is 0 Å². The number of piperidine rings is 1. The van der Waals surface area contributed by atoms with E-state index in [4.69, 9.17) is 0 Å². The maximum Gasteiger partial charge on any atom is 0.255 e. The molecule has 1 atom stereocenters. The smallest absolute Gasteiger partial charge is 0.255 e. The van der Waals surface area contributed by atoms with Crippen molar-refractivity contribution in [2.45, 2.75) is 38.1 Å². The number of pyridine rings is 1. The molecule has 0 radical (unpaired) electrons. The molecule has 3 aliphatic rings. The van der Waals surface area contributed by atoms with Crippen LogP contribution in [0.1, 0.15) is 54.3 Å². The Bertz CT molecular complexity index is 854. The summed E-state index contributed by atoms with van der Waals surface area (Å²) in [6, 6.07) is 4.04. The molecule has 7 nitrogen and oxygen atoms in total. The molecule has 0 N–H and O–H groups in total. The van der Waals surface area contributed by atoms with Gasteiger partial charge < -0.3 is 4.90 Å². The number of aromatic nitrogens is 3. The molecular weight excluding hydrogens is 352 g/mol. The molecular formula is C21H30N6O. The van der Waals surface area contributed by atoms with Crippen molar-refractivity contribution in [3.8, 4) is 0 Å². The highest BCUT2D eigenvalue weighted by Crippen LogP contribution is 2.32. The minimum atomic E-state index is 0.133. The predicted molar refractivity (Wildman–Crippen MR) is 107 cm³/mol. The summed E-state index contributed by atoms with van der Waals surface area (Å²) in [5.74, 6) is 1.98. The summed E-state index contributed by atoms with van der Waals surface area (Å²) in [5.41, 5.74) is 1.56. The molecule has 1 saturated carbocycles. The summed E-state index contributed by atoms with van der Waals surface area (Å²) in [7, 11) is 2.17. The van der Waals surface area contributed by atoms with Crippen LogP contribution in [-0.2, 0) is 0 Å². The Morgan fingerprint density at radius 1 is 1.07 bits per heavy atom. The second-order valence-corrected chi connectivity index (χ2v) is 8.76. The Balaban J connectivity index is 1.41. The van der Waals surface area contributed by atoms with Gasteiger partial charge in [0.25, 0.3) is 5.91 Å². The molecule has 1 aliphatic carbocycles. The Kier molecular flexibility index (Phi) is 4.80. The fourth-order valence-electron chi connectivity index (χ4n) is 4.58. The van der Waals surface area contributed by atoms with Crippen molar-refractivity contribution in [2.75, 3.05) is 46.3 Å². The van der Waals surface area contributed by atoms with E-state index in [2.05, 4.69) is 27.0 Å². The molecule has 0 aromatic carbocycles. The first kappa shape index (κ1) is 18.1. The van der Waals surface area contributed by atoms with Gasteiger partial charge in [0.15, 0.2) is 11.5 Å². The average molecular weight is 383 g/mol. The lowest BCUT2D eigenvalue weighted by atomic mass is 10.1. The summed E-state index contributed by atoms with van der Waals surface area (Å²) in [6.07, 6.45) is 8.16.